The Kier molecular flexibility index (Phi) is 8.27. The minimum Gasteiger partial charge on any atom is -0.508 e. The van der Waals surface area contributed by atoms with Gasteiger partial charge in [0.25, 0.3) is 0 Å². The van der Waals surface area contributed by atoms with E-state index in [1.807, 2.05) is 30.3 Å². The Balaban J connectivity index is 1.27. The number of methoxy groups -OCH3 is 1. The summed E-state index contributed by atoms with van der Waals surface area (Å²) in [4.78, 5) is 33.3. The van der Waals surface area contributed by atoms with Crippen molar-refractivity contribution in [2.75, 3.05) is 25.2 Å². The van der Waals surface area contributed by atoms with Crippen LogP contribution in [0, 0.1) is 17.8 Å². The second-order valence-electron chi connectivity index (χ2n) is 11.3. The van der Waals surface area contributed by atoms with Gasteiger partial charge in [0.05, 0.1) is 42.5 Å². The molecule has 3 aromatic rings. The molecular formula is C33H33BN2O7. The van der Waals surface area contributed by atoms with Gasteiger partial charge in [0.2, 0.25) is 11.8 Å². The average molecular weight is 580 g/mol. The van der Waals surface area contributed by atoms with Crippen molar-refractivity contribution in [3.05, 3.63) is 95.3 Å². The van der Waals surface area contributed by atoms with Crippen LogP contribution in [0.3, 0.4) is 0 Å². The Labute approximate surface area is 250 Å². The summed E-state index contributed by atoms with van der Waals surface area (Å²) in [5.74, 6) is -1.71. The minimum atomic E-state index is -1.71. The molecule has 2 fully saturated rings. The number of hydrogen-bond donors (Lipinski definition) is 3. The number of aromatic hydroxyl groups is 1. The van der Waals surface area contributed by atoms with Crippen molar-refractivity contribution in [1.82, 2.24) is 4.98 Å². The molecule has 2 saturated heterocycles. The molecule has 2 aliphatic heterocycles. The summed E-state index contributed by atoms with van der Waals surface area (Å²) in [7, 11) is -0.0850. The van der Waals surface area contributed by atoms with Gasteiger partial charge in [-0.3, -0.25) is 19.5 Å². The predicted octanol–water partition coefficient (Wildman–Crippen LogP) is 2.96. The van der Waals surface area contributed by atoms with Gasteiger partial charge in [-0.25, -0.2) is 0 Å². The summed E-state index contributed by atoms with van der Waals surface area (Å²) < 4.78 is 11.9. The number of phenols is 1. The quantitative estimate of drug-likeness (QED) is 0.200. The van der Waals surface area contributed by atoms with Crippen molar-refractivity contribution >= 4 is 41.7 Å². The summed E-state index contributed by atoms with van der Waals surface area (Å²) in [5, 5.41) is 29.0. The SMILES string of the molecule is COCC1=C2[C@@H](CC/C(=C/c3ccc(O)cc3)c3ccccn3)OC[C@@H]2[C@@H]2C(=O)N(c3cccc(B(O)O)c3)C(=O)[C@@H]2C1. The number of benzene rings is 2. The maximum Gasteiger partial charge on any atom is 0.488 e. The van der Waals surface area contributed by atoms with Gasteiger partial charge >= 0.3 is 7.12 Å². The van der Waals surface area contributed by atoms with E-state index >= 15 is 0 Å². The van der Waals surface area contributed by atoms with E-state index in [1.165, 1.54) is 17.0 Å². The molecule has 0 bridgehead atoms. The van der Waals surface area contributed by atoms with E-state index in [1.54, 1.807) is 37.6 Å². The Morgan fingerprint density at radius 2 is 1.88 bits per heavy atom. The molecule has 1 aliphatic carbocycles. The number of anilines is 1. The van der Waals surface area contributed by atoms with E-state index in [-0.39, 0.29) is 35.0 Å². The van der Waals surface area contributed by atoms with Gasteiger partial charge < -0.3 is 24.6 Å². The molecule has 9 nitrogen and oxygen atoms in total. The fraction of sp³-hybridized carbons (Fsp3) is 0.303. The number of ether oxygens (including phenoxy) is 2. The second-order valence-corrected chi connectivity index (χ2v) is 11.3. The van der Waals surface area contributed by atoms with Crippen LogP contribution in [0.2, 0.25) is 0 Å². The number of rotatable bonds is 9. The summed E-state index contributed by atoms with van der Waals surface area (Å²) >= 11 is 0. The predicted molar refractivity (Wildman–Crippen MR) is 162 cm³/mol. The fourth-order valence-electron chi connectivity index (χ4n) is 6.74. The van der Waals surface area contributed by atoms with E-state index in [0.717, 1.165) is 28.0 Å². The molecule has 1 aromatic heterocycles. The second kappa shape index (κ2) is 12.3. The van der Waals surface area contributed by atoms with Gasteiger partial charge in [0, 0.05) is 19.2 Å². The van der Waals surface area contributed by atoms with Crippen LogP contribution in [-0.2, 0) is 19.1 Å². The lowest BCUT2D eigenvalue weighted by Crippen LogP contribution is -2.36. The van der Waals surface area contributed by atoms with Crippen molar-refractivity contribution in [3.63, 3.8) is 0 Å². The highest BCUT2D eigenvalue weighted by atomic mass is 16.5. The van der Waals surface area contributed by atoms with Crippen molar-refractivity contribution in [2.24, 2.45) is 17.8 Å². The van der Waals surface area contributed by atoms with Crippen LogP contribution in [-0.4, -0.2) is 65.5 Å². The zero-order chi connectivity index (χ0) is 30.1. The monoisotopic (exact) mass is 580 g/mol. The van der Waals surface area contributed by atoms with E-state index in [0.29, 0.717) is 38.2 Å². The van der Waals surface area contributed by atoms with Gasteiger partial charge in [-0.05, 0) is 89.5 Å². The number of imide groups is 1. The van der Waals surface area contributed by atoms with Crippen LogP contribution in [0.15, 0.2) is 84.1 Å². The van der Waals surface area contributed by atoms with E-state index < -0.39 is 19.0 Å². The summed E-state index contributed by atoms with van der Waals surface area (Å²) in [6.45, 7) is 0.677. The molecule has 0 spiro atoms. The van der Waals surface area contributed by atoms with E-state index in [2.05, 4.69) is 11.1 Å². The van der Waals surface area contributed by atoms with Crippen LogP contribution in [0.4, 0.5) is 5.69 Å². The first-order chi connectivity index (χ1) is 20.9. The number of nitrogens with zero attached hydrogens (tertiary/aromatic N) is 2. The average Bonchev–Trinajstić information content (AvgIpc) is 3.55. The normalized spacial score (nSPS) is 23.5. The summed E-state index contributed by atoms with van der Waals surface area (Å²) in [5.41, 5.74) is 5.40. The van der Waals surface area contributed by atoms with E-state index in [9.17, 15) is 24.7 Å². The van der Waals surface area contributed by atoms with Crippen LogP contribution in [0.25, 0.3) is 11.6 Å². The molecule has 6 rings (SSSR count). The lowest BCUT2D eigenvalue weighted by molar-refractivity contribution is -0.122. The van der Waals surface area contributed by atoms with Crippen molar-refractivity contribution in [2.45, 2.75) is 25.4 Å². The molecule has 10 heteroatoms. The minimum absolute atomic E-state index is 0.201. The number of allylic oxidation sites excluding steroid dienone is 1. The van der Waals surface area contributed by atoms with E-state index in [4.69, 9.17) is 9.47 Å². The first-order valence-electron chi connectivity index (χ1n) is 14.4. The number of hydrogen-bond acceptors (Lipinski definition) is 8. The maximum absolute atomic E-state index is 13.9. The Morgan fingerprint density at radius 1 is 1.07 bits per heavy atom. The maximum atomic E-state index is 13.9. The lowest BCUT2D eigenvalue weighted by atomic mass is 9.69. The number of pyridine rings is 1. The lowest BCUT2D eigenvalue weighted by Gasteiger charge is -2.31. The third-order valence-corrected chi connectivity index (χ3v) is 8.66. The fourth-order valence-corrected chi connectivity index (χ4v) is 6.74. The smallest absolute Gasteiger partial charge is 0.488 e. The zero-order valence-corrected chi connectivity index (χ0v) is 23.8. The first-order valence-corrected chi connectivity index (χ1v) is 14.4. The number of phenolic OH excluding ortho intramolecular Hbond substituents is 1. The van der Waals surface area contributed by atoms with Gasteiger partial charge in [0.1, 0.15) is 5.75 Å². The molecule has 2 aromatic carbocycles. The van der Waals surface area contributed by atoms with Gasteiger partial charge in [0.15, 0.2) is 0 Å². The Bertz CT molecular complexity index is 1570. The Morgan fingerprint density at radius 3 is 2.60 bits per heavy atom. The summed E-state index contributed by atoms with van der Waals surface area (Å²) in [6, 6.07) is 19.0. The number of carbonyl (C=O) groups excluding carboxylic acids is 2. The number of fused-ring (bicyclic) bond motifs is 3. The molecule has 3 heterocycles. The third kappa shape index (κ3) is 5.66. The molecule has 0 unspecified atom stereocenters. The van der Waals surface area contributed by atoms with Crippen molar-refractivity contribution < 1.29 is 34.2 Å². The van der Waals surface area contributed by atoms with Crippen LogP contribution in [0.1, 0.15) is 30.5 Å². The number of amides is 2. The van der Waals surface area contributed by atoms with Gasteiger partial charge in [-0.15, -0.1) is 0 Å². The summed E-state index contributed by atoms with van der Waals surface area (Å²) in [6.07, 6.45) is 5.29. The highest BCUT2D eigenvalue weighted by Gasteiger charge is 2.57. The zero-order valence-electron chi connectivity index (χ0n) is 23.8. The van der Waals surface area contributed by atoms with Crippen molar-refractivity contribution in [3.8, 4) is 5.75 Å². The molecule has 0 radical (unpaired) electrons. The molecule has 0 saturated carbocycles. The largest absolute Gasteiger partial charge is 0.508 e. The third-order valence-electron chi connectivity index (χ3n) is 8.66. The molecule has 2 amide bonds. The van der Waals surface area contributed by atoms with Crippen LogP contribution in [0.5, 0.6) is 5.75 Å². The van der Waals surface area contributed by atoms with Crippen molar-refractivity contribution in [1.29, 1.82) is 0 Å². The molecule has 4 atom stereocenters. The molecule has 220 valence electrons. The van der Waals surface area contributed by atoms with Gasteiger partial charge in [-0.2, -0.15) is 0 Å². The van der Waals surface area contributed by atoms with Crippen LogP contribution < -0.4 is 10.4 Å². The molecule has 3 N–H and O–H groups in total. The molecule has 3 aliphatic rings. The molecule has 43 heavy (non-hydrogen) atoms. The number of aromatic nitrogens is 1. The Hall–Kier alpha value is -4.09. The highest BCUT2D eigenvalue weighted by Crippen LogP contribution is 2.50. The van der Waals surface area contributed by atoms with Gasteiger partial charge in [-0.1, -0.05) is 30.3 Å². The topological polar surface area (TPSA) is 129 Å². The standard InChI is InChI=1S/C33H33BN2O7/c1-42-18-22-16-26-31(33(39)36(32(26)38)24-6-4-5-23(17-24)34(40)41)27-19-43-29(30(22)27)13-10-21(28-7-2-3-14-35-28)15-20-8-11-25(37)12-9-20/h2-9,11-12,14-15,17,26-27,29,31,37,40-41H,10,13,16,18-19H2,1H3/b21-15-/t26-,27+,29-,31-/m1/s1. The first kappa shape index (κ1) is 29.0. The highest BCUT2D eigenvalue weighted by molar-refractivity contribution is 6.58. The van der Waals surface area contributed by atoms with Crippen LogP contribution >= 0.6 is 0 Å². The molecular weight excluding hydrogens is 547 g/mol. The number of carbonyl (C=O) groups is 2.